The Morgan fingerprint density at radius 3 is 2.44 bits per heavy atom. The Labute approximate surface area is 157 Å². The standard InChI is InChI=1S/C20H23BrN2O2/c1-4-19(15-8-10-17(21)11-9-15)22-13(2)20(25)23-18-7-5-6-16(12-18)14(3)24/h5-13,19,22H,4H2,1-3H3,(H,23,25)/p+1/t13-,19+/m1/s1. The first-order valence-electron chi connectivity index (χ1n) is 8.43. The summed E-state index contributed by atoms with van der Waals surface area (Å²) in [5.41, 5.74) is 2.44. The van der Waals surface area contributed by atoms with E-state index in [9.17, 15) is 9.59 Å². The average molecular weight is 404 g/mol. The number of Topliss-reactive ketones (excluding diaryl/α,β-unsaturated/α-hetero) is 1. The van der Waals surface area contributed by atoms with Crippen molar-refractivity contribution in [3.63, 3.8) is 0 Å². The number of nitrogens with two attached hydrogens (primary N) is 1. The number of rotatable bonds is 7. The molecule has 0 fully saturated rings. The molecule has 0 bridgehead atoms. The van der Waals surface area contributed by atoms with Crippen molar-refractivity contribution in [3.8, 4) is 0 Å². The topological polar surface area (TPSA) is 62.8 Å². The second-order valence-electron chi connectivity index (χ2n) is 6.17. The second kappa shape index (κ2) is 8.92. The number of amides is 1. The van der Waals surface area contributed by atoms with E-state index < -0.39 is 0 Å². The Bertz CT molecular complexity index is 744. The molecule has 2 atom stereocenters. The molecule has 0 saturated carbocycles. The lowest BCUT2D eigenvalue weighted by Crippen LogP contribution is -2.92. The van der Waals surface area contributed by atoms with Crippen LogP contribution in [0.2, 0.25) is 0 Å². The minimum absolute atomic E-state index is 0.0167. The van der Waals surface area contributed by atoms with E-state index >= 15 is 0 Å². The Morgan fingerprint density at radius 2 is 1.84 bits per heavy atom. The van der Waals surface area contributed by atoms with E-state index in [2.05, 4.69) is 45.6 Å². The van der Waals surface area contributed by atoms with E-state index in [1.807, 2.05) is 19.1 Å². The lowest BCUT2D eigenvalue weighted by molar-refractivity contribution is -0.713. The van der Waals surface area contributed by atoms with Crippen molar-refractivity contribution in [2.75, 3.05) is 5.32 Å². The number of hydrogen-bond donors (Lipinski definition) is 2. The molecule has 132 valence electrons. The first-order valence-corrected chi connectivity index (χ1v) is 9.22. The maximum atomic E-state index is 12.5. The first-order chi connectivity index (χ1) is 11.9. The van der Waals surface area contributed by atoms with Crippen LogP contribution in [0.25, 0.3) is 0 Å². The molecule has 25 heavy (non-hydrogen) atoms. The highest BCUT2D eigenvalue weighted by Gasteiger charge is 2.22. The molecule has 0 aliphatic heterocycles. The number of anilines is 1. The fourth-order valence-electron chi connectivity index (χ4n) is 2.70. The molecule has 2 aromatic rings. The van der Waals surface area contributed by atoms with Gasteiger partial charge in [0, 0.05) is 27.7 Å². The van der Waals surface area contributed by atoms with Gasteiger partial charge in [0.05, 0.1) is 0 Å². The molecule has 4 nitrogen and oxygen atoms in total. The third-order valence-corrected chi connectivity index (χ3v) is 4.74. The van der Waals surface area contributed by atoms with E-state index in [0.717, 1.165) is 10.9 Å². The van der Waals surface area contributed by atoms with Gasteiger partial charge in [-0.3, -0.25) is 9.59 Å². The van der Waals surface area contributed by atoms with Gasteiger partial charge in [0.2, 0.25) is 0 Å². The summed E-state index contributed by atoms with van der Waals surface area (Å²) < 4.78 is 1.04. The molecule has 0 spiro atoms. The number of hydrogen-bond acceptors (Lipinski definition) is 2. The molecule has 0 aromatic heterocycles. The van der Waals surface area contributed by atoms with Crippen LogP contribution in [0.3, 0.4) is 0 Å². The number of nitrogens with one attached hydrogen (secondary N) is 1. The number of ketones is 1. The van der Waals surface area contributed by atoms with E-state index in [0.29, 0.717) is 11.3 Å². The molecule has 1 amide bonds. The fourth-order valence-corrected chi connectivity index (χ4v) is 2.97. The number of carbonyl (C=O) groups excluding carboxylic acids is 2. The smallest absolute Gasteiger partial charge is 0.282 e. The first kappa shape index (κ1) is 19.3. The van der Waals surface area contributed by atoms with Crippen LogP contribution in [-0.2, 0) is 4.79 Å². The van der Waals surface area contributed by atoms with Crippen molar-refractivity contribution in [2.24, 2.45) is 0 Å². The number of benzene rings is 2. The molecule has 2 rings (SSSR count). The molecule has 0 heterocycles. The molecular weight excluding hydrogens is 380 g/mol. The maximum absolute atomic E-state index is 12.5. The molecule has 3 N–H and O–H groups in total. The molecule has 0 aliphatic carbocycles. The third-order valence-electron chi connectivity index (χ3n) is 4.21. The van der Waals surface area contributed by atoms with Gasteiger partial charge in [0.1, 0.15) is 6.04 Å². The minimum atomic E-state index is -0.241. The summed E-state index contributed by atoms with van der Waals surface area (Å²) >= 11 is 3.45. The van der Waals surface area contributed by atoms with Crippen LogP contribution in [0.1, 0.15) is 49.2 Å². The summed E-state index contributed by atoms with van der Waals surface area (Å²) in [5.74, 6) is -0.0896. The van der Waals surface area contributed by atoms with Crippen molar-refractivity contribution < 1.29 is 14.9 Å². The molecule has 0 unspecified atom stereocenters. The van der Waals surface area contributed by atoms with Crippen LogP contribution in [0.5, 0.6) is 0 Å². The second-order valence-corrected chi connectivity index (χ2v) is 7.09. The van der Waals surface area contributed by atoms with Crippen LogP contribution in [0.4, 0.5) is 5.69 Å². The van der Waals surface area contributed by atoms with Crippen molar-refractivity contribution in [3.05, 3.63) is 64.1 Å². The average Bonchev–Trinajstić information content (AvgIpc) is 2.60. The van der Waals surface area contributed by atoms with E-state index in [-0.39, 0.29) is 23.8 Å². The Morgan fingerprint density at radius 1 is 1.16 bits per heavy atom. The monoisotopic (exact) mass is 403 g/mol. The normalized spacial score (nSPS) is 13.1. The summed E-state index contributed by atoms with van der Waals surface area (Å²) in [6.45, 7) is 5.53. The van der Waals surface area contributed by atoms with E-state index in [1.54, 1.807) is 24.3 Å². The van der Waals surface area contributed by atoms with Gasteiger partial charge in [-0.1, -0.05) is 47.1 Å². The van der Waals surface area contributed by atoms with Gasteiger partial charge in [-0.15, -0.1) is 0 Å². The molecular formula is C20H24BrN2O2+. The molecule has 0 aliphatic rings. The highest BCUT2D eigenvalue weighted by Crippen LogP contribution is 2.17. The van der Waals surface area contributed by atoms with E-state index in [4.69, 9.17) is 0 Å². The van der Waals surface area contributed by atoms with Gasteiger partial charge in [0.15, 0.2) is 11.8 Å². The SMILES string of the molecule is CC[C@H]([NH2+][C@H](C)C(=O)Nc1cccc(C(C)=O)c1)c1ccc(Br)cc1. The van der Waals surface area contributed by atoms with Crippen LogP contribution in [0.15, 0.2) is 53.0 Å². The van der Waals surface area contributed by atoms with Gasteiger partial charge < -0.3 is 10.6 Å². The number of halogens is 1. The van der Waals surface area contributed by atoms with Gasteiger partial charge in [0.25, 0.3) is 5.91 Å². The lowest BCUT2D eigenvalue weighted by Gasteiger charge is -2.19. The lowest BCUT2D eigenvalue weighted by atomic mass is 10.0. The van der Waals surface area contributed by atoms with Gasteiger partial charge in [-0.05, 0) is 38.1 Å². The summed E-state index contributed by atoms with van der Waals surface area (Å²) in [6.07, 6.45) is 0.930. The molecule has 5 heteroatoms. The zero-order valence-corrected chi connectivity index (χ0v) is 16.3. The van der Waals surface area contributed by atoms with Gasteiger partial charge in [-0.25, -0.2) is 0 Å². The Hall–Kier alpha value is -1.98. The fraction of sp³-hybridized carbons (Fsp3) is 0.300. The summed E-state index contributed by atoms with van der Waals surface area (Å²) in [5, 5.41) is 4.97. The van der Waals surface area contributed by atoms with Crippen molar-refractivity contribution in [2.45, 2.75) is 39.3 Å². The Balaban J connectivity index is 2.02. The Kier molecular flexibility index (Phi) is 6.91. The summed E-state index contributed by atoms with van der Waals surface area (Å²) in [4.78, 5) is 24.0. The minimum Gasteiger partial charge on any atom is -0.330 e. The van der Waals surface area contributed by atoms with Gasteiger partial charge >= 0.3 is 0 Å². The molecule has 2 aromatic carbocycles. The summed E-state index contributed by atoms with van der Waals surface area (Å²) in [6, 6.07) is 15.2. The highest BCUT2D eigenvalue weighted by molar-refractivity contribution is 9.10. The van der Waals surface area contributed by atoms with E-state index in [1.165, 1.54) is 12.5 Å². The van der Waals surface area contributed by atoms with Crippen LogP contribution < -0.4 is 10.6 Å². The largest absolute Gasteiger partial charge is 0.330 e. The van der Waals surface area contributed by atoms with Crippen LogP contribution in [-0.4, -0.2) is 17.7 Å². The zero-order valence-electron chi connectivity index (χ0n) is 14.8. The molecule has 0 saturated heterocycles. The van der Waals surface area contributed by atoms with Crippen molar-refractivity contribution in [1.29, 1.82) is 0 Å². The molecule has 0 radical (unpaired) electrons. The van der Waals surface area contributed by atoms with Crippen LogP contribution in [0, 0.1) is 0 Å². The maximum Gasteiger partial charge on any atom is 0.282 e. The predicted molar refractivity (Wildman–Crippen MR) is 104 cm³/mol. The summed E-state index contributed by atoms with van der Waals surface area (Å²) in [7, 11) is 0. The quantitative estimate of drug-likeness (QED) is 0.692. The van der Waals surface area contributed by atoms with Gasteiger partial charge in [-0.2, -0.15) is 0 Å². The highest BCUT2D eigenvalue weighted by atomic mass is 79.9. The number of carbonyl (C=O) groups is 2. The van der Waals surface area contributed by atoms with Crippen LogP contribution >= 0.6 is 15.9 Å². The zero-order chi connectivity index (χ0) is 18.4. The van der Waals surface area contributed by atoms with Crippen molar-refractivity contribution in [1.82, 2.24) is 0 Å². The predicted octanol–water partition coefficient (Wildman–Crippen LogP) is 3.69. The number of quaternary nitrogens is 1. The van der Waals surface area contributed by atoms with Crippen molar-refractivity contribution >= 4 is 33.3 Å². The third kappa shape index (κ3) is 5.51.